The molecule has 0 radical (unpaired) electrons. The lowest BCUT2D eigenvalue weighted by atomic mass is 9.93. The van der Waals surface area contributed by atoms with Crippen LogP contribution < -0.4 is 10.5 Å². The maximum atomic E-state index is 6.43. The van der Waals surface area contributed by atoms with E-state index in [-0.39, 0.29) is 6.04 Å². The molecule has 0 aliphatic heterocycles. The molecule has 3 heteroatoms. The van der Waals surface area contributed by atoms with Crippen molar-refractivity contribution in [3.05, 3.63) is 29.8 Å². The van der Waals surface area contributed by atoms with Crippen molar-refractivity contribution in [1.82, 2.24) is 4.90 Å². The second kappa shape index (κ2) is 7.65. The molecular formula is C17H28N2O. The van der Waals surface area contributed by atoms with Gasteiger partial charge < -0.3 is 10.5 Å². The zero-order valence-corrected chi connectivity index (χ0v) is 12.8. The van der Waals surface area contributed by atoms with E-state index < -0.39 is 0 Å². The summed E-state index contributed by atoms with van der Waals surface area (Å²) >= 11 is 0. The normalized spacial score (nSPS) is 18.2. The van der Waals surface area contributed by atoms with E-state index in [0.29, 0.717) is 0 Å². The van der Waals surface area contributed by atoms with E-state index in [0.717, 1.165) is 30.4 Å². The first-order valence-electron chi connectivity index (χ1n) is 7.88. The quantitative estimate of drug-likeness (QED) is 0.866. The Balaban J connectivity index is 2.02. The summed E-state index contributed by atoms with van der Waals surface area (Å²) in [6.07, 6.45) is 6.78. The molecule has 3 nitrogen and oxygen atoms in total. The zero-order valence-electron chi connectivity index (χ0n) is 12.8. The second-order valence-electron chi connectivity index (χ2n) is 5.73. The predicted molar refractivity (Wildman–Crippen MR) is 84.0 cm³/mol. The summed E-state index contributed by atoms with van der Waals surface area (Å²) in [4.78, 5) is 2.55. The van der Waals surface area contributed by atoms with Gasteiger partial charge in [0.1, 0.15) is 5.75 Å². The van der Waals surface area contributed by atoms with Crippen LogP contribution in [0, 0.1) is 0 Å². The molecular weight excluding hydrogens is 248 g/mol. The number of ether oxygens (including phenoxy) is 1. The minimum atomic E-state index is 0.0213. The number of rotatable bonds is 6. The highest BCUT2D eigenvalue weighted by Gasteiger charge is 2.22. The lowest BCUT2D eigenvalue weighted by Crippen LogP contribution is -2.41. The molecule has 1 saturated carbocycles. The molecule has 2 N–H and O–H groups in total. The monoisotopic (exact) mass is 276 g/mol. The van der Waals surface area contributed by atoms with Crippen LogP contribution in [-0.4, -0.2) is 31.1 Å². The predicted octanol–water partition coefficient (Wildman–Crippen LogP) is 3.35. The summed E-state index contributed by atoms with van der Waals surface area (Å²) in [5.41, 5.74) is 7.55. The van der Waals surface area contributed by atoms with E-state index in [4.69, 9.17) is 10.5 Å². The molecule has 20 heavy (non-hydrogen) atoms. The molecule has 1 aromatic rings. The summed E-state index contributed by atoms with van der Waals surface area (Å²) in [5.74, 6) is 0.902. The van der Waals surface area contributed by atoms with Crippen molar-refractivity contribution in [2.45, 2.75) is 51.1 Å². The third kappa shape index (κ3) is 3.74. The second-order valence-corrected chi connectivity index (χ2v) is 5.73. The molecule has 2 rings (SSSR count). The maximum absolute atomic E-state index is 6.43. The molecule has 0 bridgehead atoms. The van der Waals surface area contributed by atoms with Crippen LogP contribution in [0.25, 0.3) is 0 Å². The smallest absolute Gasteiger partial charge is 0.123 e. The highest BCUT2D eigenvalue weighted by atomic mass is 16.5. The van der Waals surface area contributed by atoms with E-state index >= 15 is 0 Å². The third-order valence-corrected chi connectivity index (χ3v) is 4.47. The number of nitrogens with zero attached hydrogens (tertiary/aromatic N) is 1. The fraction of sp³-hybridized carbons (Fsp3) is 0.647. The number of para-hydroxylation sites is 1. The van der Waals surface area contributed by atoms with Crippen LogP contribution in [0.1, 0.15) is 50.6 Å². The van der Waals surface area contributed by atoms with Crippen LogP contribution in [0.15, 0.2) is 24.3 Å². The van der Waals surface area contributed by atoms with Gasteiger partial charge in [-0.2, -0.15) is 0 Å². The number of nitrogens with two attached hydrogens (primary N) is 1. The van der Waals surface area contributed by atoms with Crippen LogP contribution in [0.2, 0.25) is 0 Å². The Bertz CT molecular complexity index is 402. The Morgan fingerprint density at radius 2 is 1.95 bits per heavy atom. The third-order valence-electron chi connectivity index (χ3n) is 4.47. The van der Waals surface area contributed by atoms with E-state index in [1.165, 1.54) is 32.1 Å². The van der Waals surface area contributed by atoms with E-state index in [2.05, 4.69) is 17.9 Å². The molecule has 1 unspecified atom stereocenters. The summed E-state index contributed by atoms with van der Waals surface area (Å²) in [6.45, 7) is 4.23. The number of likely N-dealkylation sites (N-methyl/N-ethyl adjacent to an activating group) is 1. The van der Waals surface area contributed by atoms with Crippen molar-refractivity contribution in [1.29, 1.82) is 0 Å². The molecule has 1 atom stereocenters. The number of hydrogen-bond acceptors (Lipinski definition) is 3. The molecule has 112 valence electrons. The number of methoxy groups -OCH3 is 1. The molecule has 0 amide bonds. The van der Waals surface area contributed by atoms with Gasteiger partial charge in [0.05, 0.1) is 7.11 Å². The lowest BCUT2D eigenvalue weighted by molar-refractivity contribution is 0.154. The fourth-order valence-electron chi connectivity index (χ4n) is 3.31. The lowest BCUT2D eigenvalue weighted by Gasteiger charge is -2.35. The SMILES string of the molecule is CCN(CC(N)c1ccccc1OC)C1CCCCC1. The molecule has 1 aliphatic rings. The first kappa shape index (κ1) is 15.3. The van der Waals surface area contributed by atoms with Crippen molar-refractivity contribution in [2.75, 3.05) is 20.2 Å². The van der Waals surface area contributed by atoms with Crippen molar-refractivity contribution in [2.24, 2.45) is 5.73 Å². The summed E-state index contributed by atoms with van der Waals surface area (Å²) in [6, 6.07) is 8.84. The number of hydrogen-bond donors (Lipinski definition) is 1. The molecule has 0 spiro atoms. The van der Waals surface area contributed by atoms with Crippen LogP contribution in [-0.2, 0) is 0 Å². The van der Waals surface area contributed by atoms with Crippen LogP contribution in [0.4, 0.5) is 0 Å². The van der Waals surface area contributed by atoms with E-state index in [9.17, 15) is 0 Å². The Hall–Kier alpha value is -1.06. The average Bonchev–Trinajstić information content (AvgIpc) is 2.53. The molecule has 1 aliphatic carbocycles. The van der Waals surface area contributed by atoms with Gasteiger partial charge in [0.25, 0.3) is 0 Å². The fourth-order valence-corrected chi connectivity index (χ4v) is 3.31. The molecule has 0 aromatic heterocycles. The van der Waals surface area contributed by atoms with Gasteiger partial charge >= 0.3 is 0 Å². The van der Waals surface area contributed by atoms with Gasteiger partial charge in [-0.1, -0.05) is 44.4 Å². The van der Waals surface area contributed by atoms with E-state index in [1.54, 1.807) is 7.11 Å². The van der Waals surface area contributed by atoms with Crippen LogP contribution in [0.3, 0.4) is 0 Å². The van der Waals surface area contributed by atoms with Gasteiger partial charge in [-0.15, -0.1) is 0 Å². The molecule has 0 saturated heterocycles. The van der Waals surface area contributed by atoms with Crippen molar-refractivity contribution < 1.29 is 4.74 Å². The van der Waals surface area contributed by atoms with Crippen molar-refractivity contribution >= 4 is 0 Å². The van der Waals surface area contributed by atoms with E-state index in [1.807, 2.05) is 18.2 Å². The van der Waals surface area contributed by atoms with Gasteiger partial charge in [0.2, 0.25) is 0 Å². The minimum absolute atomic E-state index is 0.0213. The molecule has 0 heterocycles. The van der Waals surface area contributed by atoms with Gasteiger partial charge in [-0.05, 0) is 25.5 Å². The highest BCUT2D eigenvalue weighted by Crippen LogP contribution is 2.27. The van der Waals surface area contributed by atoms with Crippen LogP contribution >= 0.6 is 0 Å². The Morgan fingerprint density at radius 1 is 1.25 bits per heavy atom. The van der Waals surface area contributed by atoms with Crippen molar-refractivity contribution in [3.63, 3.8) is 0 Å². The van der Waals surface area contributed by atoms with Crippen molar-refractivity contribution in [3.8, 4) is 5.75 Å². The Kier molecular flexibility index (Phi) is 5.86. The Morgan fingerprint density at radius 3 is 2.60 bits per heavy atom. The summed E-state index contributed by atoms with van der Waals surface area (Å²) in [5, 5.41) is 0. The largest absolute Gasteiger partial charge is 0.496 e. The minimum Gasteiger partial charge on any atom is -0.496 e. The number of benzene rings is 1. The average molecular weight is 276 g/mol. The molecule has 1 aromatic carbocycles. The van der Waals surface area contributed by atoms with Gasteiger partial charge in [0.15, 0.2) is 0 Å². The van der Waals surface area contributed by atoms with Gasteiger partial charge in [-0.3, -0.25) is 4.90 Å². The summed E-state index contributed by atoms with van der Waals surface area (Å²) in [7, 11) is 1.71. The maximum Gasteiger partial charge on any atom is 0.123 e. The standard InChI is InChI=1S/C17H28N2O/c1-3-19(14-9-5-4-6-10-14)13-16(18)15-11-7-8-12-17(15)20-2/h7-8,11-12,14,16H,3-6,9-10,13,18H2,1-2H3. The Labute approximate surface area is 123 Å². The first-order chi connectivity index (χ1) is 9.76. The summed E-state index contributed by atoms with van der Waals surface area (Å²) < 4.78 is 5.43. The molecule has 1 fully saturated rings. The first-order valence-corrected chi connectivity index (χ1v) is 7.88. The van der Waals surface area contributed by atoms with Gasteiger partial charge in [0, 0.05) is 24.2 Å². The van der Waals surface area contributed by atoms with Gasteiger partial charge in [-0.25, -0.2) is 0 Å². The van der Waals surface area contributed by atoms with Crippen LogP contribution in [0.5, 0.6) is 5.75 Å². The highest BCUT2D eigenvalue weighted by molar-refractivity contribution is 5.35. The topological polar surface area (TPSA) is 38.5 Å². The zero-order chi connectivity index (χ0) is 14.4.